The maximum atomic E-state index is 12.4. The molecule has 0 saturated carbocycles. The average molecular weight is 351 g/mol. The molecule has 2 aromatic rings. The number of anilines is 1. The first-order valence-electron chi connectivity index (χ1n) is 9.89. The fraction of sp³-hybridized carbons (Fsp3) is 0.409. The SMILES string of the molecule is O=C(C[NH+]1CCc2ccccc2C1)Nc1ccc(C[NH+]2CCCC2)cc1. The van der Waals surface area contributed by atoms with E-state index in [2.05, 4.69) is 41.7 Å². The van der Waals surface area contributed by atoms with Crippen molar-refractivity contribution in [3.8, 4) is 0 Å². The lowest BCUT2D eigenvalue weighted by atomic mass is 10.00. The fourth-order valence-corrected chi connectivity index (χ4v) is 4.27. The Morgan fingerprint density at radius 1 is 0.885 bits per heavy atom. The van der Waals surface area contributed by atoms with Gasteiger partial charge in [-0.25, -0.2) is 0 Å². The number of carbonyl (C=O) groups excluding carboxylic acids is 1. The predicted octanol–water partition coefficient (Wildman–Crippen LogP) is 0.445. The first-order valence-corrected chi connectivity index (χ1v) is 9.89. The largest absolute Gasteiger partial charge is 0.331 e. The van der Waals surface area contributed by atoms with Crippen LogP contribution in [0.4, 0.5) is 5.69 Å². The molecule has 0 bridgehead atoms. The van der Waals surface area contributed by atoms with E-state index in [1.807, 2.05) is 12.1 Å². The molecule has 2 aromatic carbocycles. The molecule has 26 heavy (non-hydrogen) atoms. The van der Waals surface area contributed by atoms with E-state index in [1.54, 1.807) is 4.90 Å². The predicted molar refractivity (Wildman–Crippen MR) is 103 cm³/mol. The number of carbonyl (C=O) groups is 1. The molecule has 4 rings (SSSR count). The van der Waals surface area contributed by atoms with Crippen molar-refractivity contribution in [2.75, 3.05) is 31.5 Å². The zero-order valence-electron chi connectivity index (χ0n) is 15.4. The molecule has 0 aromatic heterocycles. The number of benzene rings is 2. The molecule has 1 unspecified atom stereocenters. The molecule has 0 aliphatic carbocycles. The number of rotatable bonds is 5. The van der Waals surface area contributed by atoms with Crippen molar-refractivity contribution in [2.24, 2.45) is 0 Å². The van der Waals surface area contributed by atoms with Crippen molar-refractivity contribution in [1.29, 1.82) is 0 Å². The summed E-state index contributed by atoms with van der Waals surface area (Å²) in [5, 5.41) is 3.07. The number of nitrogens with one attached hydrogen (secondary N) is 3. The van der Waals surface area contributed by atoms with Gasteiger partial charge in [0.1, 0.15) is 13.1 Å². The lowest BCUT2D eigenvalue weighted by molar-refractivity contribution is -0.907. The molecule has 1 fully saturated rings. The van der Waals surface area contributed by atoms with Crippen molar-refractivity contribution in [3.63, 3.8) is 0 Å². The van der Waals surface area contributed by atoms with E-state index in [1.165, 1.54) is 47.5 Å². The topological polar surface area (TPSA) is 38.0 Å². The summed E-state index contributed by atoms with van der Waals surface area (Å²) in [4.78, 5) is 15.4. The van der Waals surface area contributed by atoms with Crippen LogP contribution < -0.4 is 15.1 Å². The van der Waals surface area contributed by atoms with Crippen molar-refractivity contribution < 1.29 is 14.6 Å². The van der Waals surface area contributed by atoms with Crippen molar-refractivity contribution in [1.82, 2.24) is 0 Å². The highest BCUT2D eigenvalue weighted by molar-refractivity contribution is 5.91. The number of hydrogen-bond donors (Lipinski definition) is 3. The second-order valence-electron chi connectivity index (χ2n) is 7.75. The Balaban J connectivity index is 1.28. The van der Waals surface area contributed by atoms with E-state index >= 15 is 0 Å². The van der Waals surface area contributed by atoms with E-state index in [0.29, 0.717) is 6.54 Å². The fourth-order valence-electron chi connectivity index (χ4n) is 4.27. The van der Waals surface area contributed by atoms with Crippen LogP contribution in [0.2, 0.25) is 0 Å². The Kier molecular flexibility index (Phi) is 5.32. The first-order chi connectivity index (χ1) is 12.8. The molecular weight excluding hydrogens is 322 g/mol. The van der Waals surface area contributed by atoms with Gasteiger partial charge in [-0.05, 0) is 17.7 Å². The van der Waals surface area contributed by atoms with Crippen LogP contribution in [-0.4, -0.2) is 32.1 Å². The summed E-state index contributed by atoms with van der Waals surface area (Å²) in [5.41, 5.74) is 5.09. The molecule has 1 amide bonds. The van der Waals surface area contributed by atoms with Gasteiger partial charge in [-0.1, -0.05) is 36.4 Å². The number of fused-ring (bicyclic) bond motifs is 1. The highest BCUT2D eigenvalue weighted by Gasteiger charge is 2.21. The Morgan fingerprint density at radius 2 is 1.62 bits per heavy atom. The van der Waals surface area contributed by atoms with Crippen molar-refractivity contribution in [2.45, 2.75) is 32.4 Å². The second kappa shape index (κ2) is 8.02. The smallest absolute Gasteiger partial charge is 0.279 e. The third-order valence-electron chi connectivity index (χ3n) is 5.72. The van der Waals surface area contributed by atoms with Gasteiger partial charge in [0, 0.05) is 36.1 Å². The number of hydrogen-bond acceptors (Lipinski definition) is 1. The minimum Gasteiger partial charge on any atom is -0.331 e. The second-order valence-corrected chi connectivity index (χ2v) is 7.75. The molecule has 1 saturated heterocycles. The van der Waals surface area contributed by atoms with Gasteiger partial charge in [0.2, 0.25) is 0 Å². The summed E-state index contributed by atoms with van der Waals surface area (Å²) in [6, 6.07) is 17.0. The summed E-state index contributed by atoms with van der Waals surface area (Å²) >= 11 is 0. The molecule has 2 aliphatic rings. The summed E-state index contributed by atoms with van der Waals surface area (Å²) in [6.07, 6.45) is 3.77. The van der Waals surface area contributed by atoms with Crippen LogP contribution in [0.3, 0.4) is 0 Å². The average Bonchev–Trinajstić information content (AvgIpc) is 3.16. The molecule has 0 radical (unpaired) electrons. The lowest BCUT2D eigenvalue weighted by Crippen LogP contribution is -3.12. The van der Waals surface area contributed by atoms with Crippen LogP contribution in [0, 0.1) is 0 Å². The summed E-state index contributed by atoms with van der Waals surface area (Å²) in [7, 11) is 0. The van der Waals surface area contributed by atoms with Crippen LogP contribution in [0.1, 0.15) is 29.5 Å². The van der Waals surface area contributed by atoms with Crippen LogP contribution in [0.25, 0.3) is 0 Å². The molecule has 2 heterocycles. The molecular formula is C22H29N3O+2. The first kappa shape index (κ1) is 17.3. The van der Waals surface area contributed by atoms with E-state index in [0.717, 1.165) is 31.7 Å². The Labute approximate surface area is 155 Å². The molecule has 4 heteroatoms. The van der Waals surface area contributed by atoms with Crippen LogP contribution >= 0.6 is 0 Å². The van der Waals surface area contributed by atoms with Gasteiger partial charge in [0.05, 0.1) is 19.6 Å². The maximum Gasteiger partial charge on any atom is 0.279 e. The third kappa shape index (κ3) is 4.32. The number of likely N-dealkylation sites (tertiary alicyclic amines) is 1. The van der Waals surface area contributed by atoms with E-state index in [4.69, 9.17) is 0 Å². The summed E-state index contributed by atoms with van der Waals surface area (Å²) in [5.74, 6) is 0.109. The van der Waals surface area contributed by atoms with Crippen molar-refractivity contribution >= 4 is 11.6 Å². The van der Waals surface area contributed by atoms with Gasteiger partial charge in [0.25, 0.3) is 5.91 Å². The van der Waals surface area contributed by atoms with Crippen molar-refractivity contribution in [3.05, 3.63) is 65.2 Å². The molecule has 3 N–H and O–H groups in total. The minimum atomic E-state index is 0.109. The zero-order valence-corrected chi connectivity index (χ0v) is 15.4. The zero-order chi connectivity index (χ0) is 17.8. The van der Waals surface area contributed by atoms with Gasteiger partial charge in [-0.15, -0.1) is 0 Å². The van der Waals surface area contributed by atoms with E-state index in [9.17, 15) is 4.79 Å². The molecule has 2 aliphatic heterocycles. The van der Waals surface area contributed by atoms with Gasteiger partial charge < -0.3 is 15.1 Å². The quantitative estimate of drug-likeness (QED) is 0.719. The van der Waals surface area contributed by atoms with Gasteiger partial charge in [0.15, 0.2) is 6.54 Å². The summed E-state index contributed by atoms with van der Waals surface area (Å²) in [6.45, 7) is 6.20. The van der Waals surface area contributed by atoms with Gasteiger partial charge in [-0.3, -0.25) is 4.79 Å². The Morgan fingerprint density at radius 3 is 2.38 bits per heavy atom. The van der Waals surface area contributed by atoms with Gasteiger partial charge >= 0.3 is 0 Å². The summed E-state index contributed by atoms with van der Waals surface area (Å²) < 4.78 is 0. The highest BCUT2D eigenvalue weighted by atomic mass is 16.2. The number of quaternary nitrogens is 2. The third-order valence-corrected chi connectivity index (χ3v) is 5.72. The number of amides is 1. The molecule has 4 nitrogen and oxygen atoms in total. The Hall–Kier alpha value is -2.17. The molecule has 0 spiro atoms. The maximum absolute atomic E-state index is 12.4. The van der Waals surface area contributed by atoms with Crippen LogP contribution in [0.5, 0.6) is 0 Å². The monoisotopic (exact) mass is 351 g/mol. The van der Waals surface area contributed by atoms with Crippen LogP contribution in [-0.2, 0) is 24.3 Å². The highest BCUT2D eigenvalue weighted by Crippen LogP contribution is 2.11. The minimum absolute atomic E-state index is 0.109. The standard InChI is InChI=1S/C22H27N3O/c26-22(17-25-14-11-19-5-1-2-6-20(19)16-25)23-21-9-7-18(8-10-21)15-24-12-3-4-13-24/h1-2,5-10H,3-4,11-17H2,(H,23,26)/p+2. The van der Waals surface area contributed by atoms with Gasteiger partial charge in [-0.2, -0.15) is 0 Å². The normalized spacial score (nSPS) is 19.9. The van der Waals surface area contributed by atoms with Crippen LogP contribution in [0.15, 0.2) is 48.5 Å². The Bertz CT molecular complexity index is 750. The van der Waals surface area contributed by atoms with E-state index in [-0.39, 0.29) is 5.91 Å². The van der Waals surface area contributed by atoms with E-state index < -0.39 is 0 Å². The molecule has 1 atom stereocenters. The molecule has 136 valence electrons. The lowest BCUT2D eigenvalue weighted by Gasteiger charge is -2.25.